The molecule has 2 rings (SSSR count). The normalized spacial score (nSPS) is 11.7. The van der Waals surface area contributed by atoms with Crippen molar-refractivity contribution < 1.29 is 14.1 Å². The van der Waals surface area contributed by atoms with E-state index in [1.165, 1.54) is 6.07 Å². The summed E-state index contributed by atoms with van der Waals surface area (Å²) in [6, 6.07) is 12.5. The molecule has 0 radical (unpaired) electrons. The van der Waals surface area contributed by atoms with Gasteiger partial charge in [0, 0.05) is 11.8 Å². The Balaban J connectivity index is 2.21. The number of benzene rings is 2. The number of anilines is 1. The Kier molecular flexibility index (Phi) is 4.83. The first-order valence-corrected chi connectivity index (χ1v) is 6.82. The molecule has 1 atom stereocenters. The van der Waals surface area contributed by atoms with Crippen LogP contribution in [0.25, 0.3) is 0 Å². The zero-order chi connectivity index (χ0) is 16.1. The van der Waals surface area contributed by atoms with Crippen molar-refractivity contribution in [1.29, 1.82) is 0 Å². The van der Waals surface area contributed by atoms with Crippen molar-refractivity contribution in [2.24, 2.45) is 0 Å². The molecule has 0 saturated heterocycles. The van der Waals surface area contributed by atoms with Crippen LogP contribution in [0.3, 0.4) is 0 Å². The van der Waals surface area contributed by atoms with Gasteiger partial charge in [0.1, 0.15) is 0 Å². The zero-order valence-electron chi connectivity index (χ0n) is 12.0. The maximum Gasteiger partial charge on any atom is 0.306 e. The van der Waals surface area contributed by atoms with Crippen molar-refractivity contribution in [3.63, 3.8) is 0 Å². The second kappa shape index (κ2) is 6.80. The van der Waals surface area contributed by atoms with Gasteiger partial charge in [-0.05, 0) is 24.1 Å². The van der Waals surface area contributed by atoms with Crippen molar-refractivity contribution in [1.82, 2.24) is 0 Å². The number of nitrogens with one attached hydrogen (secondary N) is 1. The van der Waals surface area contributed by atoms with E-state index in [0.29, 0.717) is 6.42 Å². The van der Waals surface area contributed by atoms with Gasteiger partial charge in [-0.15, -0.1) is 0 Å². The lowest BCUT2D eigenvalue weighted by Gasteiger charge is -2.15. The fourth-order valence-corrected chi connectivity index (χ4v) is 2.22. The Morgan fingerprint density at radius 2 is 1.95 bits per heavy atom. The third-order valence-electron chi connectivity index (χ3n) is 3.34. The third kappa shape index (κ3) is 3.46. The van der Waals surface area contributed by atoms with E-state index in [4.69, 9.17) is 0 Å². The highest BCUT2D eigenvalue weighted by Crippen LogP contribution is 2.25. The third-order valence-corrected chi connectivity index (χ3v) is 3.34. The van der Waals surface area contributed by atoms with E-state index in [1.807, 2.05) is 37.3 Å². The van der Waals surface area contributed by atoms with E-state index in [0.717, 1.165) is 17.7 Å². The Labute approximate surface area is 126 Å². The van der Waals surface area contributed by atoms with Crippen LogP contribution in [-0.2, 0) is 4.79 Å². The summed E-state index contributed by atoms with van der Waals surface area (Å²) in [7, 11) is 0. The van der Waals surface area contributed by atoms with Gasteiger partial charge in [-0.25, -0.2) is 0 Å². The average Bonchev–Trinajstić information content (AvgIpc) is 2.51. The van der Waals surface area contributed by atoms with Gasteiger partial charge in [0.05, 0.1) is 10.8 Å². The smallest absolute Gasteiger partial charge is 0.306 e. The zero-order valence-corrected chi connectivity index (χ0v) is 12.0. The van der Waals surface area contributed by atoms with Gasteiger partial charge in [-0.2, -0.15) is 4.39 Å². The first-order valence-electron chi connectivity index (χ1n) is 6.82. The molecule has 22 heavy (non-hydrogen) atoms. The Morgan fingerprint density at radius 1 is 1.27 bits per heavy atom. The second-order valence-electron chi connectivity index (χ2n) is 4.78. The van der Waals surface area contributed by atoms with Crippen LogP contribution in [0.2, 0.25) is 0 Å². The number of carbonyl (C=O) groups is 1. The van der Waals surface area contributed by atoms with Crippen LogP contribution in [0.4, 0.5) is 15.8 Å². The van der Waals surface area contributed by atoms with Gasteiger partial charge in [-0.1, -0.05) is 37.3 Å². The topological polar surface area (TPSA) is 72.2 Å². The number of rotatable bonds is 5. The second-order valence-corrected chi connectivity index (χ2v) is 4.78. The van der Waals surface area contributed by atoms with E-state index in [-0.39, 0.29) is 17.5 Å². The predicted molar refractivity (Wildman–Crippen MR) is 81.2 cm³/mol. The molecule has 1 N–H and O–H groups in total. The predicted octanol–water partition coefficient (Wildman–Crippen LogP) is 3.87. The molecule has 5 nitrogen and oxygen atoms in total. The van der Waals surface area contributed by atoms with Gasteiger partial charge < -0.3 is 5.32 Å². The fraction of sp³-hybridized carbons (Fsp3) is 0.188. The maximum absolute atomic E-state index is 13.3. The summed E-state index contributed by atoms with van der Waals surface area (Å²) in [6.07, 6.45) is 0.582. The van der Waals surface area contributed by atoms with Gasteiger partial charge in [-0.3, -0.25) is 14.9 Å². The molecule has 0 spiro atoms. The first kappa shape index (κ1) is 15.6. The highest BCUT2D eigenvalue weighted by Gasteiger charge is 2.20. The lowest BCUT2D eigenvalue weighted by atomic mass is 9.95. The van der Waals surface area contributed by atoms with E-state index in [2.05, 4.69) is 5.32 Å². The van der Waals surface area contributed by atoms with Crippen molar-refractivity contribution >= 4 is 17.3 Å². The number of hydrogen-bond donors (Lipinski definition) is 1. The molecule has 0 unspecified atom stereocenters. The van der Waals surface area contributed by atoms with E-state index >= 15 is 0 Å². The standard InChI is InChI=1S/C16H15FN2O3/c1-2-13(11-6-4-3-5-7-11)16(20)18-12-8-9-14(17)15(10-12)19(21)22/h3-10,13H,2H2,1H3,(H,18,20)/t13-/m1/s1. The Morgan fingerprint density at radius 3 is 2.55 bits per heavy atom. The molecule has 2 aromatic carbocycles. The first-order chi connectivity index (χ1) is 10.5. The summed E-state index contributed by atoms with van der Waals surface area (Å²) in [4.78, 5) is 22.2. The van der Waals surface area contributed by atoms with Crippen molar-refractivity contribution in [2.75, 3.05) is 5.32 Å². The molecular formula is C16H15FN2O3. The molecule has 1 amide bonds. The van der Waals surface area contributed by atoms with Gasteiger partial charge in [0.15, 0.2) is 0 Å². The van der Waals surface area contributed by atoms with Gasteiger partial charge in [0.25, 0.3) is 0 Å². The van der Waals surface area contributed by atoms with Crippen LogP contribution < -0.4 is 5.32 Å². The molecule has 0 aliphatic rings. The number of nitro benzene ring substituents is 1. The quantitative estimate of drug-likeness (QED) is 0.673. The van der Waals surface area contributed by atoms with E-state index in [1.54, 1.807) is 0 Å². The number of halogens is 1. The summed E-state index contributed by atoms with van der Waals surface area (Å²) in [5.74, 6) is -1.59. The lowest BCUT2D eigenvalue weighted by Crippen LogP contribution is -2.20. The average molecular weight is 302 g/mol. The lowest BCUT2D eigenvalue weighted by molar-refractivity contribution is -0.387. The fourth-order valence-electron chi connectivity index (χ4n) is 2.22. The molecule has 114 valence electrons. The van der Waals surface area contributed by atoms with Crippen LogP contribution in [0.5, 0.6) is 0 Å². The van der Waals surface area contributed by atoms with Crippen molar-refractivity contribution in [3.05, 3.63) is 70.0 Å². The largest absolute Gasteiger partial charge is 0.325 e. The van der Waals surface area contributed by atoms with Crippen LogP contribution >= 0.6 is 0 Å². The Bertz CT molecular complexity index is 689. The number of nitrogens with zero attached hydrogens (tertiary/aromatic N) is 1. The summed E-state index contributed by atoms with van der Waals surface area (Å²) in [6.45, 7) is 1.88. The number of hydrogen-bond acceptors (Lipinski definition) is 3. The molecule has 0 aliphatic heterocycles. The molecule has 2 aromatic rings. The molecule has 0 aliphatic carbocycles. The van der Waals surface area contributed by atoms with Gasteiger partial charge >= 0.3 is 5.69 Å². The number of amides is 1. The van der Waals surface area contributed by atoms with E-state index in [9.17, 15) is 19.3 Å². The summed E-state index contributed by atoms with van der Waals surface area (Å²) >= 11 is 0. The SMILES string of the molecule is CC[C@@H](C(=O)Nc1ccc(F)c([N+](=O)[O-])c1)c1ccccc1. The van der Waals surface area contributed by atoms with Crippen LogP contribution in [0, 0.1) is 15.9 Å². The van der Waals surface area contributed by atoms with E-state index < -0.39 is 16.4 Å². The van der Waals surface area contributed by atoms with Gasteiger partial charge in [0.2, 0.25) is 11.7 Å². The minimum absolute atomic E-state index is 0.201. The molecule has 0 bridgehead atoms. The monoisotopic (exact) mass is 302 g/mol. The van der Waals surface area contributed by atoms with Crippen LogP contribution in [0.1, 0.15) is 24.8 Å². The van der Waals surface area contributed by atoms with Crippen LogP contribution in [-0.4, -0.2) is 10.8 Å². The Hall–Kier alpha value is -2.76. The number of carbonyl (C=O) groups excluding carboxylic acids is 1. The molecular weight excluding hydrogens is 287 g/mol. The summed E-state index contributed by atoms with van der Waals surface area (Å²) < 4.78 is 13.3. The van der Waals surface area contributed by atoms with Crippen molar-refractivity contribution in [2.45, 2.75) is 19.3 Å². The minimum Gasteiger partial charge on any atom is -0.325 e. The molecule has 0 fully saturated rings. The minimum atomic E-state index is -0.932. The van der Waals surface area contributed by atoms with Crippen LogP contribution in [0.15, 0.2) is 48.5 Å². The molecule has 0 aromatic heterocycles. The molecule has 0 saturated carbocycles. The highest BCUT2D eigenvalue weighted by atomic mass is 19.1. The highest BCUT2D eigenvalue weighted by molar-refractivity contribution is 5.96. The van der Waals surface area contributed by atoms with Crippen molar-refractivity contribution in [3.8, 4) is 0 Å². The molecule has 6 heteroatoms. The summed E-state index contributed by atoms with van der Waals surface area (Å²) in [5.41, 5.74) is 0.400. The molecule has 0 heterocycles. The summed E-state index contributed by atoms with van der Waals surface area (Å²) in [5, 5.41) is 13.3. The number of nitro groups is 1. The maximum atomic E-state index is 13.3.